The van der Waals surface area contributed by atoms with E-state index in [-0.39, 0.29) is 24.0 Å². The first-order valence-corrected chi connectivity index (χ1v) is 8.14. The van der Waals surface area contributed by atoms with Crippen LogP contribution in [0, 0.1) is 0 Å². The number of ether oxygens (including phenoxy) is 2. The quantitative estimate of drug-likeness (QED) is 0.785. The zero-order valence-electron chi connectivity index (χ0n) is 13.9. The van der Waals surface area contributed by atoms with Gasteiger partial charge in [-0.3, -0.25) is 4.79 Å². The summed E-state index contributed by atoms with van der Waals surface area (Å²) in [5, 5.41) is 11.5. The van der Waals surface area contributed by atoms with Crippen molar-refractivity contribution in [3.8, 4) is 5.88 Å². The molecule has 0 unspecified atom stereocenters. The van der Waals surface area contributed by atoms with E-state index >= 15 is 0 Å². The predicted octanol–water partition coefficient (Wildman–Crippen LogP) is 1.06. The van der Waals surface area contributed by atoms with Gasteiger partial charge in [-0.05, 0) is 11.6 Å². The van der Waals surface area contributed by atoms with E-state index in [2.05, 4.69) is 20.3 Å². The highest BCUT2D eigenvalue weighted by Gasteiger charge is 2.16. The number of carboxylic acids is 1. The maximum absolute atomic E-state index is 12.1. The van der Waals surface area contributed by atoms with Gasteiger partial charge in [0.2, 0.25) is 5.88 Å². The number of nitrogens with zero attached hydrogens (tertiary/aromatic N) is 3. The normalized spacial score (nSPS) is 14.6. The van der Waals surface area contributed by atoms with Gasteiger partial charge in [-0.2, -0.15) is 0 Å². The van der Waals surface area contributed by atoms with Crippen molar-refractivity contribution in [3.63, 3.8) is 0 Å². The molecule has 1 amide bonds. The van der Waals surface area contributed by atoms with Crippen LogP contribution < -0.4 is 10.1 Å². The fraction of sp³-hybridized carbons (Fsp3) is 0.353. The molecule has 0 aromatic carbocycles. The maximum atomic E-state index is 12.1. The first kappa shape index (κ1) is 17.7. The molecule has 1 fully saturated rings. The summed E-state index contributed by atoms with van der Waals surface area (Å²) >= 11 is 0. The van der Waals surface area contributed by atoms with Gasteiger partial charge >= 0.3 is 5.97 Å². The van der Waals surface area contributed by atoms with Crippen molar-refractivity contribution in [2.45, 2.75) is 25.5 Å². The number of aromatic carboxylic acids is 1. The topological polar surface area (TPSA) is 124 Å². The highest BCUT2D eigenvalue weighted by molar-refractivity contribution is 5.92. The molecule has 1 aliphatic heterocycles. The number of hydrogen-bond acceptors (Lipinski definition) is 7. The average molecular weight is 358 g/mol. The molecule has 0 spiro atoms. The summed E-state index contributed by atoms with van der Waals surface area (Å²) in [4.78, 5) is 34.5. The number of aromatic nitrogens is 3. The van der Waals surface area contributed by atoms with Gasteiger partial charge in [0.15, 0.2) is 5.69 Å². The number of carbonyl (C=O) groups excluding carboxylic acids is 1. The molecular formula is C17H18N4O5. The standard InChI is InChI=1S/C17H18N4O5/c22-16(13-9-20-14(10-19-13)17(23)24)21-8-11-1-4-18-15(7-11)26-12-2-5-25-6-3-12/h1,4,7,9-10,12H,2-3,5-6,8H2,(H,21,22)(H,23,24). The first-order chi connectivity index (χ1) is 12.6. The van der Waals surface area contributed by atoms with Crippen molar-refractivity contribution >= 4 is 11.9 Å². The summed E-state index contributed by atoms with van der Waals surface area (Å²) in [6.07, 6.45) is 5.54. The molecular weight excluding hydrogens is 340 g/mol. The van der Waals surface area contributed by atoms with Crippen LogP contribution in [0.1, 0.15) is 39.4 Å². The monoisotopic (exact) mass is 358 g/mol. The second-order valence-corrected chi connectivity index (χ2v) is 5.71. The molecule has 0 radical (unpaired) electrons. The largest absolute Gasteiger partial charge is 0.476 e. The Hall–Kier alpha value is -3.07. The van der Waals surface area contributed by atoms with Crippen molar-refractivity contribution < 1.29 is 24.2 Å². The van der Waals surface area contributed by atoms with Crippen LogP contribution in [-0.2, 0) is 11.3 Å². The SMILES string of the molecule is O=C(O)c1cnc(C(=O)NCc2ccnc(OC3CCOCC3)c2)cn1. The summed E-state index contributed by atoms with van der Waals surface area (Å²) in [6, 6.07) is 3.55. The minimum absolute atomic E-state index is 0.0442. The van der Waals surface area contributed by atoms with E-state index in [0.29, 0.717) is 19.1 Å². The number of carbonyl (C=O) groups is 2. The van der Waals surface area contributed by atoms with Gasteiger partial charge in [0.1, 0.15) is 11.8 Å². The fourth-order valence-electron chi connectivity index (χ4n) is 2.42. The number of amides is 1. The van der Waals surface area contributed by atoms with Gasteiger partial charge in [0.05, 0.1) is 25.6 Å². The van der Waals surface area contributed by atoms with Gasteiger partial charge in [-0.25, -0.2) is 19.7 Å². The molecule has 3 rings (SSSR count). The van der Waals surface area contributed by atoms with Crippen molar-refractivity contribution in [1.29, 1.82) is 0 Å². The molecule has 0 saturated carbocycles. The van der Waals surface area contributed by atoms with E-state index in [1.165, 1.54) is 0 Å². The van der Waals surface area contributed by atoms with E-state index in [1.807, 2.05) is 0 Å². The maximum Gasteiger partial charge on any atom is 0.356 e. The number of carboxylic acid groups (broad SMARTS) is 1. The molecule has 9 nitrogen and oxygen atoms in total. The molecule has 0 bridgehead atoms. The molecule has 1 saturated heterocycles. The molecule has 26 heavy (non-hydrogen) atoms. The Balaban J connectivity index is 1.56. The first-order valence-electron chi connectivity index (χ1n) is 8.14. The van der Waals surface area contributed by atoms with Crippen LogP contribution in [0.25, 0.3) is 0 Å². The minimum Gasteiger partial charge on any atom is -0.476 e. The summed E-state index contributed by atoms with van der Waals surface area (Å²) in [6.45, 7) is 1.62. The Morgan fingerprint density at radius 3 is 2.62 bits per heavy atom. The van der Waals surface area contributed by atoms with Gasteiger partial charge < -0.3 is 19.9 Å². The summed E-state index contributed by atoms with van der Waals surface area (Å²) in [5.41, 5.74) is 0.652. The molecule has 2 aromatic rings. The van der Waals surface area contributed by atoms with E-state index in [0.717, 1.165) is 30.8 Å². The molecule has 2 N–H and O–H groups in total. The zero-order chi connectivity index (χ0) is 18.4. The lowest BCUT2D eigenvalue weighted by atomic mass is 10.1. The molecule has 0 atom stereocenters. The predicted molar refractivity (Wildman–Crippen MR) is 88.9 cm³/mol. The summed E-state index contributed by atoms with van der Waals surface area (Å²) in [7, 11) is 0. The lowest BCUT2D eigenvalue weighted by Crippen LogP contribution is -2.26. The molecule has 136 valence electrons. The van der Waals surface area contributed by atoms with Crippen LogP contribution >= 0.6 is 0 Å². The second-order valence-electron chi connectivity index (χ2n) is 5.71. The zero-order valence-corrected chi connectivity index (χ0v) is 13.9. The Morgan fingerprint density at radius 1 is 1.19 bits per heavy atom. The molecule has 3 heterocycles. The Morgan fingerprint density at radius 2 is 1.92 bits per heavy atom. The highest BCUT2D eigenvalue weighted by atomic mass is 16.5. The van der Waals surface area contributed by atoms with Crippen LogP contribution in [0.3, 0.4) is 0 Å². The average Bonchev–Trinajstić information content (AvgIpc) is 2.67. The van der Waals surface area contributed by atoms with Crippen molar-refractivity contribution in [2.24, 2.45) is 0 Å². The fourth-order valence-corrected chi connectivity index (χ4v) is 2.42. The molecule has 2 aromatic heterocycles. The molecule has 0 aliphatic carbocycles. The van der Waals surface area contributed by atoms with E-state index in [9.17, 15) is 9.59 Å². The molecule has 9 heteroatoms. The highest BCUT2D eigenvalue weighted by Crippen LogP contribution is 2.16. The number of nitrogens with one attached hydrogen (secondary N) is 1. The van der Waals surface area contributed by atoms with E-state index < -0.39 is 11.9 Å². The van der Waals surface area contributed by atoms with Crippen LogP contribution in [0.15, 0.2) is 30.7 Å². The number of rotatable bonds is 6. The van der Waals surface area contributed by atoms with Crippen molar-refractivity contribution in [2.75, 3.05) is 13.2 Å². The van der Waals surface area contributed by atoms with Crippen LogP contribution in [-0.4, -0.2) is 51.3 Å². The van der Waals surface area contributed by atoms with Gasteiger partial charge in [0, 0.05) is 31.6 Å². The van der Waals surface area contributed by atoms with E-state index in [1.54, 1.807) is 18.3 Å². The van der Waals surface area contributed by atoms with Gasteiger partial charge in [-0.1, -0.05) is 0 Å². The Labute approximate surface area is 149 Å². The van der Waals surface area contributed by atoms with Crippen molar-refractivity contribution in [3.05, 3.63) is 47.7 Å². The third kappa shape index (κ3) is 4.73. The van der Waals surface area contributed by atoms with Crippen LogP contribution in [0.2, 0.25) is 0 Å². The smallest absolute Gasteiger partial charge is 0.356 e. The van der Waals surface area contributed by atoms with Crippen molar-refractivity contribution in [1.82, 2.24) is 20.3 Å². The lowest BCUT2D eigenvalue weighted by Gasteiger charge is -2.22. The molecule has 1 aliphatic rings. The third-order valence-electron chi connectivity index (χ3n) is 3.81. The number of hydrogen-bond donors (Lipinski definition) is 2. The number of pyridine rings is 1. The third-order valence-corrected chi connectivity index (χ3v) is 3.81. The minimum atomic E-state index is -1.20. The van der Waals surface area contributed by atoms with E-state index in [4.69, 9.17) is 14.6 Å². The Bertz CT molecular complexity index is 775. The lowest BCUT2D eigenvalue weighted by molar-refractivity contribution is 0.0237. The van der Waals surface area contributed by atoms with Gasteiger partial charge in [0.25, 0.3) is 5.91 Å². The van der Waals surface area contributed by atoms with Gasteiger partial charge in [-0.15, -0.1) is 0 Å². The van der Waals surface area contributed by atoms with Crippen LogP contribution in [0.4, 0.5) is 0 Å². The summed E-state index contributed by atoms with van der Waals surface area (Å²) < 4.78 is 11.1. The second kappa shape index (κ2) is 8.34. The van der Waals surface area contributed by atoms with Crippen LogP contribution in [0.5, 0.6) is 5.88 Å². The Kier molecular flexibility index (Phi) is 5.69. The summed E-state index contributed by atoms with van der Waals surface area (Å²) in [5.74, 6) is -1.13.